The van der Waals surface area contributed by atoms with E-state index in [-0.39, 0.29) is 0 Å². The summed E-state index contributed by atoms with van der Waals surface area (Å²) >= 11 is 0. The number of hydrogen-bond acceptors (Lipinski definition) is 3. The molecule has 0 saturated heterocycles. The van der Waals surface area contributed by atoms with Crippen LogP contribution >= 0.6 is 7.60 Å². The third-order valence-electron chi connectivity index (χ3n) is 1.64. The molecule has 0 aliphatic heterocycles. The molecule has 0 rings (SSSR count). The van der Waals surface area contributed by atoms with E-state index in [1.54, 1.807) is 0 Å². The van der Waals surface area contributed by atoms with E-state index in [1.807, 2.05) is 0 Å². The fourth-order valence-corrected chi connectivity index (χ4v) is 1.32. The number of aliphatic hydroxyl groups is 1. The van der Waals surface area contributed by atoms with Crippen molar-refractivity contribution in [3.63, 3.8) is 0 Å². The number of nitrogens with two attached hydrogens (primary N) is 1. The van der Waals surface area contributed by atoms with E-state index in [1.165, 1.54) is 13.8 Å². The van der Waals surface area contributed by atoms with Gasteiger partial charge < -0.3 is 20.6 Å². The molecular formula is C5H14NO4P. The average Bonchev–Trinajstić information content (AvgIpc) is 1.82. The Morgan fingerprint density at radius 1 is 1.36 bits per heavy atom. The van der Waals surface area contributed by atoms with Crippen LogP contribution in [-0.2, 0) is 4.57 Å². The minimum absolute atomic E-state index is 0.879. The largest absolute Gasteiger partial charge is 0.392 e. The van der Waals surface area contributed by atoms with Crippen molar-refractivity contribution in [1.29, 1.82) is 0 Å². The Labute approximate surface area is 65.4 Å². The summed E-state index contributed by atoms with van der Waals surface area (Å²) in [5.41, 5.74) is 4.31. The summed E-state index contributed by atoms with van der Waals surface area (Å²) in [4.78, 5) is 17.3. The van der Waals surface area contributed by atoms with Gasteiger partial charge in [-0.2, -0.15) is 0 Å². The third-order valence-corrected chi connectivity index (χ3v) is 3.05. The molecule has 0 spiro atoms. The molecule has 5 N–H and O–H groups in total. The van der Waals surface area contributed by atoms with Crippen LogP contribution < -0.4 is 5.73 Å². The van der Waals surface area contributed by atoms with Gasteiger partial charge in [0, 0.05) is 6.04 Å². The van der Waals surface area contributed by atoms with E-state index in [2.05, 4.69) is 0 Å². The molecule has 0 aromatic heterocycles. The van der Waals surface area contributed by atoms with Crippen molar-refractivity contribution in [1.82, 2.24) is 0 Å². The lowest BCUT2D eigenvalue weighted by atomic mass is 10.1. The van der Waals surface area contributed by atoms with Crippen molar-refractivity contribution in [2.75, 3.05) is 0 Å². The van der Waals surface area contributed by atoms with Gasteiger partial charge in [0.2, 0.25) is 0 Å². The standard InChI is InChI=1S/C5H14NO4P/c1-3(7)5(6)4(2)11(8,9)10/h3-5,7H,6H2,1-2H3,(H2,8,9,10). The Hall–Kier alpha value is 0.0700. The SMILES string of the molecule is CC(O)C(N)C(C)P(=O)(O)O. The molecule has 11 heavy (non-hydrogen) atoms. The molecule has 68 valence electrons. The van der Waals surface area contributed by atoms with Crippen molar-refractivity contribution >= 4 is 7.60 Å². The first kappa shape index (κ1) is 11.1. The molecule has 3 unspecified atom stereocenters. The van der Waals surface area contributed by atoms with Crippen molar-refractivity contribution < 1.29 is 19.5 Å². The van der Waals surface area contributed by atoms with Crippen LogP contribution in [0.3, 0.4) is 0 Å². The average molecular weight is 183 g/mol. The van der Waals surface area contributed by atoms with Gasteiger partial charge in [0.05, 0.1) is 11.8 Å². The van der Waals surface area contributed by atoms with Crippen LogP contribution in [0.1, 0.15) is 13.8 Å². The number of aliphatic hydroxyl groups excluding tert-OH is 1. The lowest BCUT2D eigenvalue weighted by Gasteiger charge is -2.22. The third kappa shape index (κ3) is 3.31. The van der Waals surface area contributed by atoms with E-state index < -0.39 is 25.4 Å². The fraction of sp³-hybridized carbons (Fsp3) is 1.00. The summed E-state index contributed by atoms with van der Waals surface area (Å²) in [6.07, 6.45) is -0.905. The molecule has 0 radical (unpaired) electrons. The molecule has 5 nitrogen and oxygen atoms in total. The van der Waals surface area contributed by atoms with E-state index in [0.717, 1.165) is 0 Å². The number of rotatable bonds is 3. The van der Waals surface area contributed by atoms with Gasteiger partial charge >= 0.3 is 7.60 Å². The summed E-state index contributed by atoms with van der Waals surface area (Å²) in [7, 11) is -4.15. The van der Waals surface area contributed by atoms with Crippen LogP contribution in [0.25, 0.3) is 0 Å². The monoisotopic (exact) mass is 183 g/mol. The van der Waals surface area contributed by atoms with E-state index in [9.17, 15) is 4.57 Å². The molecule has 6 heteroatoms. The van der Waals surface area contributed by atoms with E-state index >= 15 is 0 Å². The first-order chi connectivity index (χ1) is 4.76. The summed E-state index contributed by atoms with van der Waals surface area (Å²) in [6, 6.07) is -0.879. The first-order valence-electron chi connectivity index (χ1n) is 3.25. The van der Waals surface area contributed by atoms with Gasteiger partial charge in [-0.05, 0) is 13.8 Å². The zero-order chi connectivity index (χ0) is 9.23. The first-order valence-corrected chi connectivity index (χ1v) is 4.94. The van der Waals surface area contributed by atoms with Crippen molar-refractivity contribution in [3.8, 4) is 0 Å². The van der Waals surface area contributed by atoms with Crippen LogP contribution in [0.4, 0.5) is 0 Å². The van der Waals surface area contributed by atoms with E-state index in [0.29, 0.717) is 0 Å². The van der Waals surface area contributed by atoms with E-state index in [4.69, 9.17) is 20.6 Å². The highest BCUT2D eigenvalue weighted by atomic mass is 31.2. The Morgan fingerprint density at radius 3 is 1.82 bits per heavy atom. The highest BCUT2D eigenvalue weighted by Gasteiger charge is 2.32. The maximum absolute atomic E-state index is 10.6. The topological polar surface area (TPSA) is 104 Å². The van der Waals surface area contributed by atoms with Gasteiger partial charge in [-0.15, -0.1) is 0 Å². The maximum atomic E-state index is 10.6. The second kappa shape index (κ2) is 3.65. The smallest absolute Gasteiger partial charge is 0.329 e. The van der Waals surface area contributed by atoms with Gasteiger partial charge in [0.25, 0.3) is 0 Å². The minimum Gasteiger partial charge on any atom is -0.392 e. The molecule has 0 bridgehead atoms. The van der Waals surface area contributed by atoms with Gasteiger partial charge in [0.1, 0.15) is 0 Å². The predicted molar refractivity (Wildman–Crippen MR) is 41.2 cm³/mol. The minimum atomic E-state index is -4.15. The molecule has 0 aromatic rings. The summed E-state index contributed by atoms with van der Waals surface area (Å²) in [5, 5.41) is 8.89. The second-order valence-corrected chi connectivity index (χ2v) is 4.64. The summed E-state index contributed by atoms with van der Waals surface area (Å²) < 4.78 is 10.6. The Bertz CT molecular complexity index is 166. The lowest BCUT2D eigenvalue weighted by Crippen LogP contribution is -2.41. The van der Waals surface area contributed by atoms with Crippen LogP contribution in [0.2, 0.25) is 0 Å². The number of hydrogen-bond donors (Lipinski definition) is 4. The van der Waals surface area contributed by atoms with Crippen LogP contribution in [0, 0.1) is 0 Å². The van der Waals surface area contributed by atoms with Crippen LogP contribution in [-0.4, -0.2) is 32.7 Å². The Kier molecular flexibility index (Phi) is 3.67. The molecule has 0 fully saturated rings. The molecule has 0 aliphatic carbocycles. The van der Waals surface area contributed by atoms with Crippen molar-refractivity contribution in [2.24, 2.45) is 5.73 Å². The highest BCUT2D eigenvalue weighted by molar-refractivity contribution is 7.52. The molecule has 0 aliphatic rings. The Balaban J connectivity index is 4.26. The summed E-state index contributed by atoms with van der Waals surface area (Å²) in [5.74, 6) is 0. The molecule has 3 atom stereocenters. The lowest BCUT2D eigenvalue weighted by molar-refractivity contribution is 0.157. The predicted octanol–water partition coefficient (Wildman–Crippen LogP) is -0.739. The van der Waals surface area contributed by atoms with Crippen molar-refractivity contribution in [3.05, 3.63) is 0 Å². The molecule has 0 amide bonds. The normalized spacial score (nSPS) is 20.9. The fourth-order valence-electron chi connectivity index (χ4n) is 0.627. The van der Waals surface area contributed by atoms with Crippen molar-refractivity contribution in [2.45, 2.75) is 31.7 Å². The van der Waals surface area contributed by atoms with Gasteiger partial charge in [-0.3, -0.25) is 4.57 Å². The highest BCUT2D eigenvalue weighted by Crippen LogP contribution is 2.42. The van der Waals surface area contributed by atoms with Gasteiger partial charge in [0.15, 0.2) is 0 Å². The van der Waals surface area contributed by atoms with Crippen LogP contribution in [0.5, 0.6) is 0 Å². The molecule has 0 aromatic carbocycles. The molecule has 0 saturated carbocycles. The van der Waals surface area contributed by atoms with Crippen LogP contribution in [0.15, 0.2) is 0 Å². The van der Waals surface area contributed by atoms with Gasteiger partial charge in [-0.25, -0.2) is 0 Å². The molecule has 0 heterocycles. The molecular weight excluding hydrogens is 169 g/mol. The maximum Gasteiger partial charge on any atom is 0.329 e. The second-order valence-electron chi connectivity index (χ2n) is 2.65. The summed E-state index contributed by atoms with van der Waals surface area (Å²) in [6.45, 7) is 2.72. The quantitative estimate of drug-likeness (QED) is 0.431. The Morgan fingerprint density at radius 2 is 1.73 bits per heavy atom. The zero-order valence-corrected chi connectivity index (χ0v) is 7.40. The zero-order valence-electron chi connectivity index (χ0n) is 6.51. The van der Waals surface area contributed by atoms with Gasteiger partial charge in [-0.1, -0.05) is 0 Å².